The van der Waals surface area contributed by atoms with Gasteiger partial charge in [0, 0.05) is 31.1 Å². The van der Waals surface area contributed by atoms with Crippen LogP contribution in [0.25, 0.3) is 10.9 Å². The van der Waals surface area contributed by atoms with Gasteiger partial charge in [0.25, 0.3) is 5.56 Å². The van der Waals surface area contributed by atoms with Crippen LogP contribution >= 0.6 is 0 Å². The molecule has 5 heteroatoms. The molecule has 0 fully saturated rings. The summed E-state index contributed by atoms with van der Waals surface area (Å²) in [6.07, 6.45) is 2.49. The number of fused-ring (bicyclic) bond motifs is 2. The maximum absolute atomic E-state index is 12.1. The number of aryl methyl sites for hydroxylation is 2. The zero-order chi connectivity index (χ0) is 19.5. The number of aliphatic hydroxyl groups is 1. The van der Waals surface area contributed by atoms with Crippen molar-refractivity contribution < 1.29 is 9.84 Å². The molecule has 28 heavy (non-hydrogen) atoms. The van der Waals surface area contributed by atoms with Gasteiger partial charge in [-0.25, -0.2) is 0 Å². The first-order chi connectivity index (χ1) is 13.6. The van der Waals surface area contributed by atoms with Gasteiger partial charge in [-0.2, -0.15) is 0 Å². The lowest BCUT2D eigenvalue weighted by atomic mass is 9.88. The van der Waals surface area contributed by atoms with Crippen molar-refractivity contribution in [2.45, 2.75) is 31.4 Å². The smallest absolute Gasteiger partial charge is 0.254 e. The molecular weight excluding hydrogens is 352 g/mol. The third-order valence-electron chi connectivity index (χ3n) is 5.54. The van der Waals surface area contributed by atoms with E-state index in [4.69, 9.17) is 4.74 Å². The summed E-state index contributed by atoms with van der Waals surface area (Å²) in [6, 6.07) is 18.0. The summed E-state index contributed by atoms with van der Waals surface area (Å²) in [5.41, 5.74) is 3.52. The molecular formula is C23H26N2O3. The number of hydrogen-bond acceptors (Lipinski definition) is 4. The van der Waals surface area contributed by atoms with E-state index in [2.05, 4.69) is 29.6 Å². The van der Waals surface area contributed by atoms with Crippen molar-refractivity contribution in [3.05, 3.63) is 76.1 Å². The van der Waals surface area contributed by atoms with Crippen LogP contribution in [0.3, 0.4) is 0 Å². The summed E-state index contributed by atoms with van der Waals surface area (Å²) >= 11 is 0. The monoisotopic (exact) mass is 378 g/mol. The lowest BCUT2D eigenvalue weighted by molar-refractivity contribution is 0.103. The van der Waals surface area contributed by atoms with Crippen molar-refractivity contribution in [3.8, 4) is 5.75 Å². The zero-order valence-corrected chi connectivity index (χ0v) is 16.1. The molecule has 1 aromatic heterocycles. The summed E-state index contributed by atoms with van der Waals surface area (Å²) in [5, 5.41) is 14.7. The molecule has 2 atom stereocenters. The largest absolute Gasteiger partial charge is 0.490 e. The Morgan fingerprint density at radius 1 is 1.18 bits per heavy atom. The van der Waals surface area contributed by atoms with Crippen LogP contribution in [0.1, 0.15) is 17.5 Å². The van der Waals surface area contributed by atoms with E-state index in [1.165, 1.54) is 17.2 Å². The van der Waals surface area contributed by atoms with Gasteiger partial charge in [0.15, 0.2) is 0 Å². The van der Waals surface area contributed by atoms with Crippen LogP contribution in [-0.4, -0.2) is 35.0 Å². The molecule has 5 nitrogen and oxygen atoms in total. The van der Waals surface area contributed by atoms with E-state index in [1.54, 1.807) is 11.6 Å². The Hall–Kier alpha value is -2.63. The highest BCUT2D eigenvalue weighted by atomic mass is 16.5. The van der Waals surface area contributed by atoms with Gasteiger partial charge in [-0.05, 0) is 42.5 Å². The summed E-state index contributed by atoms with van der Waals surface area (Å²) in [4.78, 5) is 12.1. The second-order valence-electron chi connectivity index (χ2n) is 7.50. The quantitative estimate of drug-likeness (QED) is 0.692. The van der Waals surface area contributed by atoms with Crippen LogP contribution in [0, 0.1) is 0 Å². The van der Waals surface area contributed by atoms with Gasteiger partial charge in [-0.3, -0.25) is 4.79 Å². The van der Waals surface area contributed by atoms with E-state index in [1.807, 2.05) is 24.3 Å². The van der Waals surface area contributed by atoms with Gasteiger partial charge in [0.2, 0.25) is 0 Å². The maximum Gasteiger partial charge on any atom is 0.254 e. The highest BCUT2D eigenvalue weighted by Gasteiger charge is 2.19. The van der Waals surface area contributed by atoms with E-state index in [0.717, 1.165) is 30.2 Å². The Morgan fingerprint density at radius 3 is 2.79 bits per heavy atom. The minimum atomic E-state index is -0.639. The standard InChI is InChI=1S/C23H26N2O3/c1-25-21-9-5-4-8-20(21)22(13-23(25)27)28-15-19(26)14-24-18-11-10-16-6-2-3-7-17(16)12-18/h2-9,13,18-19,24,26H,10-12,14-15H2,1H3. The van der Waals surface area contributed by atoms with Crippen LogP contribution in [0.15, 0.2) is 59.4 Å². The topological polar surface area (TPSA) is 63.5 Å². The van der Waals surface area contributed by atoms with Crippen molar-refractivity contribution in [1.82, 2.24) is 9.88 Å². The molecule has 0 bridgehead atoms. The van der Waals surface area contributed by atoms with Gasteiger partial charge in [0.1, 0.15) is 18.5 Å². The molecule has 146 valence electrons. The average molecular weight is 378 g/mol. The molecule has 1 aliphatic carbocycles. The van der Waals surface area contributed by atoms with E-state index in [0.29, 0.717) is 18.3 Å². The molecule has 3 aromatic rings. The fourth-order valence-electron chi connectivity index (χ4n) is 3.92. The third-order valence-corrected chi connectivity index (χ3v) is 5.54. The lowest BCUT2D eigenvalue weighted by Crippen LogP contribution is -2.40. The summed E-state index contributed by atoms with van der Waals surface area (Å²) in [5.74, 6) is 0.518. The van der Waals surface area contributed by atoms with Crippen molar-refractivity contribution in [2.24, 2.45) is 7.05 Å². The summed E-state index contributed by atoms with van der Waals surface area (Å²) in [6.45, 7) is 0.614. The normalized spacial score (nSPS) is 17.3. The molecule has 0 aliphatic heterocycles. The number of pyridine rings is 1. The van der Waals surface area contributed by atoms with Crippen molar-refractivity contribution in [3.63, 3.8) is 0 Å². The van der Waals surface area contributed by atoms with Crippen molar-refractivity contribution >= 4 is 10.9 Å². The third kappa shape index (κ3) is 3.96. The Labute approximate surface area is 164 Å². The second-order valence-corrected chi connectivity index (χ2v) is 7.50. The summed E-state index contributed by atoms with van der Waals surface area (Å²) in [7, 11) is 1.75. The highest BCUT2D eigenvalue weighted by Crippen LogP contribution is 2.23. The average Bonchev–Trinajstić information content (AvgIpc) is 2.73. The summed E-state index contributed by atoms with van der Waals surface area (Å²) < 4.78 is 7.41. The number of para-hydroxylation sites is 1. The van der Waals surface area contributed by atoms with Crippen molar-refractivity contribution in [1.29, 1.82) is 0 Å². The predicted molar refractivity (Wildman–Crippen MR) is 111 cm³/mol. The predicted octanol–water partition coefficient (Wildman–Crippen LogP) is 2.43. The molecule has 0 spiro atoms. The number of benzene rings is 2. The lowest BCUT2D eigenvalue weighted by Gasteiger charge is -2.26. The second kappa shape index (κ2) is 8.17. The van der Waals surface area contributed by atoms with Crippen LogP contribution in [0.5, 0.6) is 5.75 Å². The molecule has 0 saturated heterocycles. The Balaban J connectivity index is 1.34. The van der Waals surface area contributed by atoms with Gasteiger partial charge < -0.3 is 19.7 Å². The number of ether oxygens (including phenoxy) is 1. The molecule has 1 heterocycles. The molecule has 2 aromatic carbocycles. The maximum atomic E-state index is 12.1. The number of aromatic nitrogens is 1. The number of aliphatic hydroxyl groups excluding tert-OH is 1. The molecule has 0 radical (unpaired) electrons. The van der Waals surface area contributed by atoms with Crippen LogP contribution in [-0.2, 0) is 19.9 Å². The minimum Gasteiger partial charge on any atom is -0.490 e. The zero-order valence-electron chi connectivity index (χ0n) is 16.1. The Morgan fingerprint density at radius 2 is 1.93 bits per heavy atom. The molecule has 1 aliphatic rings. The van der Waals surface area contributed by atoms with Crippen molar-refractivity contribution in [2.75, 3.05) is 13.2 Å². The number of nitrogens with one attached hydrogen (secondary N) is 1. The fraction of sp³-hybridized carbons (Fsp3) is 0.348. The minimum absolute atomic E-state index is 0.123. The van der Waals surface area contributed by atoms with E-state index in [9.17, 15) is 9.90 Å². The van der Waals surface area contributed by atoms with Gasteiger partial charge in [-0.1, -0.05) is 36.4 Å². The fourth-order valence-corrected chi connectivity index (χ4v) is 3.92. The van der Waals surface area contributed by atoms with Crippen LogP contribution in [0.4, 0.5) is 0 Å². The highest BCUT2D eigenvalue weighted by molar-refractivity contribution is 5.85. The van der Waals surface area contributed by atoms with Crippen LogP contribution < -0.4 is 15.6 Å². The number of rotatable bonds is 6. The van der Waals surface area contributed by atoms with Crippen LogP contribution in [0.2, 0.25) is 0 Å². The van der Waals surface area contributed by atoms with E-state index >= 15 is 0 Å². The Bertz CT molecular complexity index is 1030. The number of hydrogen-bond donors (Lipinski definition) is 2. The first kappa shape index (κ1) is 18.7. The van der Waals surface area contributed by atoms with E-state index < -0.39 is 6.10 Å². The molecule has 2 unspecified atom stereocenters. The Kier molecular flexibility index (Phi) is 5.46. The molecule has 4 rings (SSSR count). The van der Waals surface area contributed by atoms with Gasteiger partial charge in [0.05, 0.1) is 5.52 Å². The van der Waals surface area contributed by atoms with Gasteiger partial charge in [-0.15, -0.1) is 0 Å². The molecule has 0 saturated carbocycles. The van der Waals surface area contributed by atoms with E-state index in [-0.39, 0.29) is 12.2 Å². The number of nitrogens with zero attached hydrogens (tertiary/aromatic N) is 1. The molecule has 0 amide bonds. The SMILES string of the molecule is Cn1c(=O)cc(OCC(O)CNC2CCc3ccccc3C2)c2ccccc21. The van der Waals surface area contributed by atoms with Gasteiger partial charge >= 0.3 is 0 Å². The first-order valence-electron chi connectivity index (χ1n) is 9.81. The first-order valence-corrected chi connectivity index (χ1v) is 9.81. The molecule has 2 N–H and O–H groups in total.